The van der Waals surface area contributed by atoms with Gasteiger partial charge in [-0.2, -0.15) is 0 Å². The molecule has 4 N–H and O–H groups in total. The number of nitrogens with one attached hydrogen (secondary N) is 2. The van der Waals surface area contributed by atoms with E-state index in [-0.39, 0.29) is 0 Å². The van der Waals surface area contributed by atoms with E-state index in [2.05, 4.69) is 41.5 Å². The topological polar surface area (TPSA) is 88.8 Å². The van der Waals surface area contributed by atoms with Crippen molar-refractivity contribution in [3.05, 3.63) is 59.0 Å². The van der Waals surface area contributed by atoms with E-state index in [9.17, 15) is 0 Å². The number of para-hydroxylation sites is 1. The molecule has 116 valence electrons. The Morgan fingerprint density at radius 1 is 1.00 bits per heavy atom. The number of anilines is 5. The fraction of sp³-hybridized carbons (Fsp3) is 0.0625. The van der Waals surface area contributed by atoms with E-state index in [1.54, 1.807) is 6.20 Å². The molecule has 0 bridgehead atoms. The number of rotatable bonds is 4. The maximum atomic E-state index is 6.17. The lowest BCUT2D eigenvalue weighted by Crippen LogP contribution is -2.06. The SMILES string of the molecule is Cc1ccnc(Nc2ncnc(Nc3ccccc3Br)c2N)c1. The predicted molar refractivity (Wildman–Crippen MR) is 96.1 cm³/mol. The van der Waals surface area contributed by atoms with Crippen LogP contribution in [0.2, 0.25) is 0 Å². The zero-order valence-electron chi connectivity index (χ0n) is 12.4. The number of hydrogen-bond donors (Lipinski definition) is 3. The van der Waals surface area contributed by atoms with Crippen molar-refractivity contribution in [2.24, 2.45) is 0 Å². The van der Waals surface area contributed by atoms with Gasteiger partial charge in [0, 0.05) is 10.7 Å². The third kappa shape index (κ3) is 3.57. The standard InChI is InChI=1S/C16H15BrN6/c1-10-6-7-19-13(8-10)23-16-14(18)15(20-9-21-16)22-12-5-3-2-4-11(12)17/h2-9H,18H2,1H3,(H2,19,20,21,22,23). The summed E-state index contributed by atoms with van der Waals surface area (Å²) in [6.45, 7) is 2.00. The van der Waals surface area contributed by atoms with Crippen LogP contribution in [-0.4, -0.2) is 15.0 Å². The summed E-state index contributed by atoms with van der Waals surface area (Å²) in [5.41, 5.74) is 8.57. The number of nitrogens with zero attached hydrogens (tertiary/aromatic N) is 3. The van der Waals surface area contributed by atoms with E-state index < -0.39 is 0 Å². The highest BCUT2D eigenvalue weighted by Gasteiger charge is 2.10. The van der Waals surface area contributed by atoms with Crippen LogP contribution in [0.4, 0.5) is 28.8 Å². The maximum Gasteiger partial charge on any atom is 0.160 e. The molecule has 0 saturated heterocycles. The van der Waals surface area contributed by atoms with Crippen LogP contribution in [0.1, 0.15) is 5.56 Å². The molecule has 0 saturated carbocycles. The van der Waals surface area contributed by atoms with Gasteiger partial charge in [0.25, 0.3) is 0 Å². The second-order valence-electron chi connectivity index (χ2n) is 4.93. The highest BCUT2D eigenvalue weighted by molar-refractivity contribution is 9.10. The molecule has 0 aliphatic rings. The minimum atomic E-state index is 0.423. The van der Waals surface area contributed by atoms with Crippen LogP contribution < -0.4 is 16.4 Å². The van der Waals surface area contributed by atoms with Crippen molar-refractivity contribution < 1.29 is 0 Å². The lowest BCUT2D eigenvalue weighted by atomic mass is 10.3. The summed E-state index contributed by atoms with van der Waals surface area (Å²) in [5.74, 6) is 1.72. The molecule has 3 aromatic rings. The van der Waals surface area contributed by atoms with Crippen LogP contribution in [0, 0.1) is 6.92 Å². The Bertz CT molecular complexity index is 836. The number of pyridine rings is 1. The second kappa shape index (κ2) is 6.62. The van der Waals surface area contributed by atoms with Gasteiger partial charge in [0.15, 0.2) is 11.6 Å². The van der Waals surface area contributed by atoms with Gasteiger partial charge in [-0.3, -0.25) is 0 Å². The van der Waals surface area contributed by atoms with Gasteiger partial charge in [-0.05, 0) is 52.7 Å². The Hall–Kier alpha value is -2.67. The number of benzene rings is 1. The molecule has 7 heteroatoms. The van der Waals surface area contributed by atoms with Crippen LogP contribution >= 0.6 is 15.9 Å². The average molecular weight is 371 g/mol. The highest BCUT2D eigenvalue weighted by atomic mass is 79.9. The summed E-state index contributed by atoms with van der Waals surface area (Å²) >= 11 is 3.49. The summed E-state index contributed by atoms with van der Waals surface area (Å²) in [7, 11) is 0. The first-order chi connectivity index (χ1) is 11.1. The number of aromatic nitrogens is 3. The van der Waals surface area contributed by atoms with Crippen molar-refractivity contribution in [3.8, 4) is 0 Å². The molecule has 0 amide bonds. The first kappa shape index (κ1) is 15.2. The molecule has 0 fully saturated rings. The average Bonchev–Trinajstić information content (AvgIpc) is 2.53. The Morgan fingerprint density at radius 2 is 1.74 bits per heavy atom. The van der Waals surface area contributed by atoms with Crippen molar-refractivity contribution in [2.75, 3.05) is 16.4 Å². The first-order valence-corrected chi connectivity index (χ1v) is 7.74. The first-order valence-electron chi connectivity index (χ1n) is 6.95. The molecule has 0 spiro atoms. The molecule has 6 nitrogen and oxygen atoms in total. The Morgan fingerprint density at radius 3 is 2.48 bits per heavy atom. The maximum absolute atomic E-state index is 6.17. The Labute approximate surface area is 142 Å². The van der Waals surface area contributed by atoms with Gasteiger partial charge in [-0.1, -0.05) is 12.1 Å². The van der Waals surface area contributed by atoms with Crippen LogP contribution in [0.3, 0.4) is 0 Å². The lowest BCUT2D eigenvalue weighted by molar-refractivity contribution is 1.16. The van der Waals surface area contributed by atoms with Crippen molar-refractivity contribution in [3.63, 3.8) is 0 Å². The normalized spacial score (nSPS) is 10.3. The predicted octanol–water partition coefficient (Wildman–Crippen LogP) is 4.01. The van der Waals surface area contributed by atoms with Crippen molar-refractivity contribution >= 4 is 44.8 Å². The number of nitrogen functional groups attached to an aromatic ring is 1. The number of nitrogens with two attached hydrogens (primary N) is 1. The Balaban J connectivity index is 1.88. The zero-order valence-corrected chi connectivity index (χ0v) is 14.0. The van der Waals surface area contributed by atoms with Gasteiger partial charge in [0.2, 0.25) is 0 Å². The molecule has 1 aromatic carbocycles. The van der Waals surface area contributed by atoms with Gasteiger partial charge < -0.3 is 16.4 Å². The molecule has 0 unspecified atom stereocenters. The molecule has 0 radical (unpaired) electrons. The van der Waals surface area contributed by atoms with E-state index in [1.165, 1.54) is 6.33 Å². The number of halogens is 1. The smallest absolute Gasteiger partial charge is 0.160 e. The molecular weight excluding hydrogens is 356 g/mol. The van der Waals surface area contributed by atoms with E-state index in [4.69, 9.17) is 5.73 Å². The van der Waals surface area contributed by atoms with Gasteiger partial charge >= 0.3 is 0 Å². The fourth-order valence-electron chi connectivity index (χ4n) is 2.01. The van der Waals surface area contributed by atoms with Crippen molar-refractivity contribution in [1.29, 1.82) is 0 Å². The Kier molecular flexibility index (Phi) is 4.38. The van der Waals surface area contributed by atoms with E-state index in [0.29, 0.717) is 23.1 Å². The molecule has 0 aliphatic carbocycles. The minimum Gasteiger partial charge on any atom is -0.393 e. The molecule has 0 atom stereocenters. The van der Waals surface area contributed by atoms with Crippen molar-refractivity contribution in [1.82, 2.24) is 15.0 Å². The van der Waals surface area contributed by atoms with Gasteiger partial charge in [0.05, 0.1) is 5.69 Å². The molecule has 3 rings (SSSR count). The second-order valence-corrected chi connectivity index (χ2v) is 5.79. The summed E-state index contributed by atoms with van der Waals surface area (Å²) in [4.78, 5) is 12.6. The quantitative estimate of drug-likeness (QED) is 0.642. The third-order valence-electron chi connectivity index (χ3n) is 3.17. The number of hydrogen-bond acceptors (Lipinski definition) is 6. The molecule has 2 aromatic heterocycles. The van der Waals surface area contributed by atoms with Crippen LogP contribution in [-0.2, 0) is 0 Å². The van der Waals surface area contributed by atoms with E-state index >= 15 is 0 Å². The summed E-state index contributed by atoms with van der Waals surface area (Å²) in [5, 5.41) is 6.31. The summed E-state index contributed by atoms with van der Waals surface area (Å²) < 4.78 is 0.924. The largest absolute Gasteiger partial charge is 0.393 e. The summed E-state index contributed by atoms with van der Waals surface area (Å²) in [6.07, 6.45) is 3.18. The fourth-order valence-corrected chi connectivity index (χ4v) is 2.39. The molecule has 23 heavy (non-hydrogen) atoms. The van der Waals surface area contributed by atoms with Gasteiger partial charge in [-0.15, -0.1) is 0 Å². The van der Waals surface area contributed by atoms with Crippen molar-refractivity contribution in [2.45, 2.75) is 6.92 Å². The monoisotopic (exact) mass is 370 g/mol. The van der Waals surface area contributed by atoms with Gasteiger partial charge in [0.1, 0.15) is 17.8 Å². The van der Waals surface area contributed by atoms with Crippen LogP contribution in [0.15, 0.2) is 53.4 Å². The molecular formula is C16H15BrN6. The lowest BCUT2D eigenvalue weighted by Gasteiger charge is -2.13. The third-order valence-corrected chi connectivity index (χ3v) is 3.86. The summed E-state index contributed by atoms with van der Waals surface area (Å²) in [6, 6.07) is 11.6. The highest BCUT2D eigenvalue weighted by Crippen LogP contribution is 2.30. The zero-order chi connectivity index (χ0) is 16.2. The molecule has 0 aliphatic heterocycles. The molecule has 2 heterocycles. The van der Waals surface area contributed by atoms with E-state index in [1.807, 2.05) is 43.3 Å². The van der Waals surface area contributed by atoms with Crippen LogP contribution in [0.25, 0.3) is 0 Å². The minimum absolute atomic E-state index is 0.423. The van der Waals surface area contributed by atoms with Crippen LogP contribution in [0.5, 0.6) is 0 Å². The van der Waals surface area contributed by atoms with Gasteiger partial charge in [-0.25, -0.2) is 15.0 Å². The van der Waals surface area contributed by atoms with E-state index in [0.717, 1.165) is 15.7 Å². The number of aryl methyl sites for hydroxylation is 1.